The number of amides is 1. The van der Waals surface area contributed by atoms with Gasteiger partial charge in [-0.1, -0.05) is 13.8 Å². The number of carbonyl (C=O) groups is 1. The summed E-state index contributed by atoms with van der Waals surface area (Å²) in [4.78, 5) is 16.3. The normalized spacial score (nSPS) is 19.3. The molecule has 1 rings (SSSR count). The molecule has 0 radical (unpaired) electrons. The molecular formula is C14H29N3O. The van der Waals surface area contributed by atoms with Gasteiger partial charge in [-0.15, -0.1) is 0 Å². The van der Waals surface area contributed by atoms with Gasteiger partial charge in [-0.25, -0.2) is 0 Å². The Kier molecular flexibility index (Phi) is 6.65. The van der Waals surface area contributed by atoms with Crippen molar-refractivity contribution in [3.8, 4) is 0 Å². The van der Waals surface area contributed by atoms with Crippen molar-refractivity contribution in [1.82, 2.24) is 9.80 Å². The fourth-order valence-electron chi connectivity index (χ4n) is 2.62. The van der Waals surface area contributed by atoms with Gasteiger partial charge in [-0.2, -0.15) is 0 Å². The summed E-state index contributed by atoms with van der Waals surface area (Å²) in [5.74, 6) is 0.982. The third kappa shape index (κ3) is 4.94. The SMILES string of the molecule is CCN(CC)CC1CCN(C(=O)CC(C)N)CC1. The fourth-order valence-corrected chi connectivity index (χ4v) is 2.62. The highest BCUT2D eigenvalue weighted by atomic mass is 16.2. The molecule has 1 unspecified atom stereocenters. The Morgan fingerprint density at radius 1 is 1.33 bits per heavy atom. The van der Waals surface area contributed by atoms with Crippen LogP contribution in [-0.4, -0.2) is 54.5 Å². The minimum absolute atomic E-state index is 0.0223. The van der Waals surface area contributed by atoms with Crippen molar-refractivity contribution in [3.63, 3.8) is 0 Å². The molecular weight excluding hydrogens is 226 g/mol. The van der Waals surface area contributed by atoms with Crippen LogP contribution in [0.4, 0.5) is 0 Å². The molecule has 0 aromatic carbocycles. The van der Waals surface area contributed by atoms with Crippen molar-refractivity contribution in [3.05, 3.63) is 0 Å². The molecule has 0 saturated carbocycles. The van der Waals surface area contributed by atoms with Gasteiger partial charge in [-0.05, 0) is 38.8 Å². The van der Waals surface area contributed by atoms with Gasteiger partial charge in [0.1, 0.15) is 0 Å². The van der Waals surface area contributed by atoms with Crippen LogP contribution in [0.3, 0.4) is 0 Å². The summed E-state index contributed by atoms with van der Waals surface area (Å²) < 4.78 is 0. The number of piperidine rings is 1. The van der Waals surface area contributed by atoms with Crippen LogP contribution in [0.1, 0.15) is 40.0 Å². The van der Waals surface area contributed by atoms with Crippen molar-refractivity contribution in [2.75, 3.05) is 32.7 Å². The molecule has 4 heteroatoms. The summed E-state index contributed by atoms with van der Waals surface area (Å²) in [5, 5.41) is 0. The van der Waals surface area contributed by atoms with E-state index in [0.29, 0.717) is 6.42 Å². The van der Waals surface area contributed by atoms with E-state index in [2.05, 4.69) is 18.7 Å². The van der Waals surface area contributed by atoms with E-state index in [1.54, 1.807) is 0 Å². The standard InChI is InChI=1S/C14H29N3O/c1-4-16(5-2)11-13-6-8-17(9-7-13)14(18)10-12(3)15/h12-13H,4-11,15H2,1-3H3. The lowest BCUT2D eigenvalue weighted by molar-refractivity contribution is -0.132. The minimum atomic E-state index is -0.0223. The highest BCUT2D eigenvalue weighted by Gasteiger charge is 2.23. The van der Waals surface area contributed by atoms with E-state index in [1.165, 1.54) is 6.54 Å². The van der Waals surface area contributed by atoms with Crippen molar-refractivity contribution in [1.29, 1.82) is 0 Å². The van der Waals surface area contributed by atoms with E-state index in [9.17, 15) is 4.79 Å². The quantitative estimate of drug-likeness (QED) is 0.778. The highest BCUT2D eigenvalue weighted by Crippen LogP contribution is 2.19. The van der Waals surface area contributed by atoms with Crippen LogP contribution in [0.2, 0.25) is 0 Å². The van der Waals surface area contributed by atoms with E-state index in [1.807, 2.05) is 11.8 Å². The van der Waals surface area contributed by atoms with Crippen LogP contribution in [0.15, 0.2) is 0 Å². The predicted octanol–water partition coefficient (Wildman–Crippen LogP) is 1.30. The molecule has 1 aliphatic rings. The maximum Gasteiger partial charge on any atom is 0.224 e. The van der Waals surface area contributed by atoms with E-state index in [0.717, 1.165) is 44.9 Å². The molecule has 0 aliphatic carbocycles. The lowest BCUT2D eigenvalue weighted by Gasteiger charge is -2.34. The van der Waals surface area contributed by atoms with Gasteiger partial charge in [0.2, 0.25) is 5.91 Å². The Morgan fingerprint density at radius 2 is 1.89 bits per heavy atom. The van der Waals surface area contributed by atoms with Gasteiger partial charge in [0, 0.05) is 32.1 Å². The third-order valence-corrected chi connectivity index (χ3v) is 3.87. The molecule has 2 N–H and O–H groups in total. The molecule has 1 atom stereocenters. The lowest BCUT2D eigenvalue weighted by atomic mass is 9.95. The molecule has 1 aliphatic heterocycles. The zero-order valence-electron chi connectivity index (χ0n) is 12.2. The molecule has 1 heterocycles. The first-order valence-electron chi connectivity index (χ1n) is 7.32. The molecule has 106 valence electrons. The maximum atomic E-state index is 11.9. The highest BCUT2D eigenvalue weighted by molar-refractivity contribution is 5.76. The van der Waals surface area contributed by atoms with Crippen LogP contribution < -0.4 is 5.73 Å². The zero-order chi connectivity index (χ0) is 13.5. The van der Waals surface area contributed by atoms with Crippen LogP contribution >= 0.6 is 0 Å². The smallest absolute Gasteiger partial charge is 0.224 e. The second-order valence-corrected chi connectivity index (χ2v) is 5.49. The van der Waals surface area contributed by atoms with Crippen molar-refractivity contribution in [2.45, 2.75) is 46.1 Å². The zero-order valence-corrected chi connectivity index (χ0v) is 12.2. The van der Waals surface area contributed by atoms with Gasteiger partial charge in [0.05, 0.1) is 0 Å². The van der Waals surface area contributed by atoms with E-state index < -0.39 is 0 Å². The maximum absolute atomic E-state index is 11.9. The molecule has 1 saturated heterocycles. The molecule has 18 heavy (non-hydrogen) atoms. The largest absolute Gasteiger partial charge is 0.343 e. The summed E-state index contributed by atoms with van der Waals surface area (Å²) >= 11 is 0. The number of nitrogens with zero attached hydrogens (tertiary/aromatic N) is 2. The predicted molar refractivity (Wildman–Crippen MR) is 75.4 cm³/mol. The van der Waals surface area contributed by atoms with Gasteiger partial charge in [-0.3, -0.25) is 4.79 Å². The Morgan fingerprint density at radius 3 is 2.33 bits per heavy atom. The Labute approximate surface area is 111 Å². The van der Waals surface area contributed by atoms with E-state index in [4.69, 9.17) is 5.73 Å². The summed E-state index contributed by atoms with van der Waals surface area (Å²) in [6, 6.07) is -0.0223. The van der Waals surface area contributed by atoms with Crippen molar-refractivity contribution >= 4 is 5.91 Å². The number of rotatable bonds is 6. The van der Waals surface area contributed by atoms with Gasteiger partial charge < -0.3 is 15.5 Å². The van der Waals surface area contributed by atoms with E-state index >= 15 is 0 Å². The van der Waals surface area contributed by atoms with Crippen LogP contribution in [0, 0.1) is 5.92 Å². The number of hydrogen-bond donors (Lipinski definition) is 1. The molecule has 0 spiro atoms. The number of nitrogens with two attached hydrogens (primary N) is 1. The topological polar surface area (TPSA) is 49.6 Å². The Bertz CT molecular complexity index is 243. The second-order valence-electron chi connectivity index (χ2n) is 5.49. The first kappa shape index (κ1) is 15.4. The second kappa shape index (κ2) is 7.74. The molecule has 4 nitrogen and oxygen atoms in total. The number of carbonyl (C=O) groups excluding carboxylic acids is 1. The van der Waals surface area contributed by atoms with E-state index in [-0.39, 0.29) is 11.9 Å². The molecule has 1 fully saturated rings. The van der Waals surface area contributed by atoms with Gasteiger partial charge in [0.15, 0.2) is 0 Å². The summed E-state index contributed by atoms with van der Waals surface area (Å²) in [6.45, 7) is 11.6. The van der Waals surface area contributed by atoms with Crippen LogP contribution in [-0.2, 0) is 4.79 Å². The Hall–Kier alpha value is -0.610. The molecule has 0 aromatic rings. The Balaban J connectivity index is 2.30. The van der Waals surface area contributed by atoms with Gasteiger partial charge in [0.25, 0.3) is 0 Å². The van der Waals surface area contributed by atoms with Gasteiger partial charge >= 0.3 is 0 Å². The number of likely N-dealkylation sites (tertiary alicyclic amines) is 1. The minimum Gasteiger partial charge on any atom is -0.343 e. The molecule has 1 amide bonds. The average molecular weight is 255 g/mol. The first-order chi connectivity index (χ1) is 8.56. The van der Waals surface area contributed by atoms with Crippen molar-refractivity contribution < 1.29 is 4.79 Å². The summed E-state index contributed by atoms with van der Waals surface area (Å²) in [5.41, 5.74) is 5.68. The summed E-state index contributed by atoms with van der Waals surface area (Å²) in [7, 11) is 0. The molecule has 0 bridgehead atoms. The lowest BCUT2D eigenvalue weighted by Crippen LogP contribution is -2.42. The first-order valence-corrected chi connectivity index (χ1v) is 7.32. The fraction of sp³-hybridized carbons (Fsp3) is 0.929. The summed E-state index contributed by atoms with van der Waals surface area (Å²) in [6.07, 6.45) is 2.77. The molecule has 0 aromatic heterocycles. The van der Waals surface area contributed by atoms with Crippen LogP contribution in [0.5, 0.6) is 0 Å². The average Bonchev–Trinajstić information content (AvgIpc) is 2.35. The monoisotopic (exact) mass is 255 g/mol. The van der Waals surface area contributed by atoms with Crippen LogP contribution in [0.25, 0.3) is 0 Å². The number of hydrogen-bond acceptors (Lipinski definition) is 3. The third-order valence-electron chi connectivity index (χ3n) is 3.87. The van der Waals surface area contributed by atoms with Crippen molar-refractivity contribution in [2.24, 2.45) is 11.7 Å².